The van der Waals surface area contributed by atoms with Crippen LogP contribution in [-0.4, -0.2) is 11.5 Å². The molecule has 0 aliphatic rings. The minimum absolute atomic E-state index is 0.600. The van der Waals surface area contributed by atoms with Crippen molar-refractivity contribution >= 4 is 17.1 Å². The smallest absolute Gasteiger partial charge is 0.0839 e. The number of nitrogens with two attached hydrogens (primary N) is 2. The van der Waals surface area contributed by atoms with Crippen LogP contribution in [0.3, 0.4) is 0 Å². The minimum atomic E-state index is 0.600. The summed E-state index contributed by atoms with van der Waals surface area (Å²) in [5, 5.41) is 3.14. The van der Waals surface area contributed by atoms with Gasteiger partial charge in [0.05, 0.1) is 29.5 Å². The first-order valence-corrected chi connectivity index (χ1v) is 3.98. The molecule has 0 aromatic carbocycles. The standard InChI is InChI=1S/C8H14N4/c1-2-3-12-8-6(9)4-11-5-7(8)10/h4-5H,2-3,9-10H2,1H3,(H,11,12). The van der Waals surface area contributed by atoms with Gasteiger partial charge in [-0.25, -0.2) is 0 Å². The van der Waals surface area contributed by atoms with Crippen LogP contribution in [0.5, 0.6) is 0 Å². The highest BCUT2D eigenvalue weighted by molar-refractivity contribution is 5.77. The molecular formula is C8H14N4. The Labute approximate surface area is 72.0 Å². The number of anilines is 3. The Bertz CT molecular complexity index is 239. The molecule has 5 N–H and O–H groups in total. The maximum atomic E-state index is 5.66. The van der Waals surface area contributed by atoms with Crippen LogP contribution in [0.4, 0.5) is 17.1 Å². The zero-order chi connectivity index (χ0) is 8.97. The predicted octanol–water partition coefficient (Wildman–Crippen LogP) is 1.07. The van der Waals surface area contributed by atoms with Crippen molar-refractivity contribution in [3.8, 4) is 0 Å². The van der Waals surface area contributed by atoms with Crippen molar-refractivity contribution in [2.45, 2.75) is 13.3 Å². The fraction of sp³-hybridized carbons (Fsp3) is 0.375. The molecule has 0 unspecified atom stereocenters. The van der Waals surface area contributed by atoms with Gasteiger partial charge < -0.3 is 16.8 Å². The van der Waals surface area contributed by atoms with E-state index in [9.17, 15) is 0 Å². The van der Waals surface area contributed by atoms with Crippen molar-refractivity contribution < 1.29 is 0 Å². The highest BCUT2D eigenvalue weighted by Crippen LogP contribution is 2.23. The number of nitrogen functional groups attached to an aromatic ring is 2. The zero-order valence-electron chi connectivity index (χ0n) is 7.17. The molecule has 1 heterocycles. The number of hydrogen-bond acceptors (Lipinski definition) is 4. The van der Waals surface area contributed by atoms with E-state index in [1.165, 1.54) is 0 Å². The van der Waals surface area contributed by atoms with Gasteiger partial charge >= 0.3 is 0 Å². The second kappa shape index (κ2) is 3.80. The van der Waals surface area contributed by atoms with Crippen molar-refractivity contribution in [3.05, 3.63) is 12.4 Å². The van der Waals surface area contributed by atoms with Crippen molar-refractivity contribution in [3.63, 3.8) is 0 Å². The van der Waals surface area contributed by atoms with Crippen LogP contribution in [0.25, 0.3) is 0 Å². The Balaban J connectivity index is 2.81. The van der Waals surface area contributed by atoms with E-state index in [1.807, 2.05) is 0 Å². The summed E-state index contributed by atoms with van der Waals surface area (Å²) in [6, 6.07) is 0. The summed E-state index contributed by atoms with van der Waals surface area (Å²) in [5.74, 6) is 0. The quantitative estimate of drug-likeness (QED) is 0.627. The first-order valence-electron chi connectivity index (χ1n) is 3.98. The Morgan fingerprint density at radius 1 is 1.33 bits per heavy atom. The summed E-state index contributed by atoms with van der Waals surface area (Å²) in [4.78, 5) is 3.86. The number of nitrogens with one attached hydrogen (secondary N) is 1. The van der Waals surface area contributed by atoms with Gasteiger partial charge in [0.1, 0.15) is 0 Å². The third kappa shape index (κ3) is 1.78. The van der Waals surface area contributed by atoms with E-state index < -0.39 is 0 Å². The maximum absolute atomic E-state index is 5.66. The average molecular weight is 166 g/mol. The molecule has 4 heteroatoms. The van der Waals surface area contributed by atoms with Gasteiger partial charge in [-0.2, -0.15) is 0 Å². The molecule has 1 aromatic heterocycles. The van der Waals surface area contributed by atoms with Crippen LogP contribution < -0.4 is 16.8 Å². The largest absolute Gasteiger partial charge is 0.396 e. The summed E-state index contributed by atoms with van der Waals surface area (Å²) >= 11 is 0. The van der Waals surface area contributed by atoms with Crippen LogP contribution in [-0.2, 0) is 0 Å². The van der Waals surface area contributed by atoms with Crippen molar-refractivity contribution in [2.24, 2.45) is 0 Å². The van der Waals surface area contributed by atoms with Crippen LogP contribution in [0.2, 0.25) is 0 Å². The molecule has 66 valence electrons. The lowest BCUT2D eigenvalue weighted by molar-refractivity contribution is 0.980. The van der Waals surface area contributed by atoms with Gasteiger partial charge in [-0.1, -0.05) is 6.92 Å². The van der Waals surface area contributed by atoms with Gasteiger partial charge in [0.15, 0.2) is 0 Å². The normalized spacial score (nSPS) is 9.75. The molecule has 0 atom stereocenters. The summed E-state index contributed by atoms with van der Waals surface area (Å²) in [5.41, 5.74) is 13.3. The first-order chi connectivity index (χ1) is 5.75. The van der Waals surface area contributed by atoms with E-state index in [0.29, 0.717) is 11.4 Å². The Morgan fingerprint density at radius 2 is 1.92 bits per heavy atom. The van der Waals surface area contributed by atoms with Crippen LogP contribution in [0.1, 0.15) is 13.3 Å². The molecule has 0 saturated carbocycles. The lowest BCUT2D eigenvalue weighted by atomic mass is 10.3. The van der Waals surface area contributed by atoms with Crippen LogP contribution >= 0.6 is 0 Å². The summed E-state index contributed by atoms with van der Waals surface area (Å²) in [7, 11) is 0. The highest BCUT2D eigenvalue weighted by Gasteiger charge is 2.01. The van der Waals surface area contributed by atoms with E-state index in [1.54, 1.807) is 12.4 Å². The molecule has 4 nitrogen and oxygen atoms in total. The maximum Gasteiger partial charge on any atom is 0.0839 e. The third-order valence-corrected chi connectivity index (χ3v) is 1.56. The molecule has 12 heavy (non-hydrogen) atoms. The molecule has 1 aromatic rings. The molecule has 1 rings (SSSR count). The Morgan fingerprint density at radius 3 is 2.42 bits per heavy atom. The SMILES string of the molecule is CCCNc1c(N)cncc1N. The Kier molecular flexibility index (Phi) is 2.74. The van der Waals surface area contributed by atoms with Crippen molar-refractivity contribution in [2.75, 3.05) is 23.3 Å². The highest BCUT2D eigenvalue weighted by atomic mass is 14.9. The Hall–Kier alpha value is -1.45. The molecule has 0 amide bonds. The summed E-state index contributed by atoms with van der Waals surface area (Å²) in [6.07, 6.45) is 4.23. The molecule has 0 spiro atoms. The third-order valence-electron chi connectivity index (χ3n) is 1.56. The predicted molar refractivity (Wildman–Crippen MR) is 51.8 cm³/mol. The molecular weight excluding hydrogens is 152 g/mol. The molecule has 0 aliphatic heterocycles. The number of pyridine rings is 1. The van der Waals surface area contributed by atoms with Crippen LogP contribution in [0, 0.1) is 0 Å². The first kappa shape index (κ1) is 8.64. The molecule has 0 aliphatic carbocycles. The minimum Gasteiger partial charge on any atom is -0.396 e. The number of hydrogen-bond donors (Lipinski definition) is 3. The van der Waals surface area contributed by atoms with Gasteiger partial charge in [-0.3, -0.25) is 4.98 Å². The number of nitrogens with zero attached hydrogens (tertiary/aromatic N) is 1. The van der Waals surface area contributed by atoms with Crippen molar-refractivity contribution in [1.82, 2.24) is 4.98 Å². The zero-order valence-corrected chi connectivity index (χ0v) is 7.17. The second-order valence-corrected chi connectivity index (χ2v) is 2.62. The summed E-state index contributed by atoms with van der Waals surface area (Å²) in [6.45, 7) is 2.96. The molecule has 0 radical (unpaired) electrons. The van der Waals surface area contributed by atoms with E-state index in [-0.39, 0.29) is 0 Å². The fourth-order valence-corrected chi connectivity index (χ4v) is 0.948. The van der Waals surface area contributed by atoms with Gasteiger partial charge in [-0.05, 0) is 6.42 Å². The number of aromatic nitrogens is 1. The lowest BCUT2D eigenvalue weighted by Gasteiger charge is -2.09. The van der Waals surface area contributed by atoms with Crippen molar-refractivity contribution in [1.29, 1.82) is 0 Å². The van der Waals surface area contributed by atoms with Gasteiger partial charge in [0, 0.05) is 6.54 Å². The molecule has 0 saturated heterocycles. The van der Waals surface area contributed by atoms with Gasteiger partial charge in [0.25, 0.3) is 0 Å². The van der Waals surface area contributed by atoms with E-state index in [2.05, 4.69) is 17.2 Å². The van der Waals surface area contributed by atoms with E-state index in [0.717, 1.165) is 18.7 Å². The second-order valence-electron chi connectivity index (χ2n) is 2.62. The van der Waals surface area contributed by atoms with E-state index >= 15 is 0 Å². The van der Waals surface area contributed by atoms with Crippen LogP contribution in [0.15, 0.2) is 12.4 Å². The van der Waals surface area contributed by atoms with Gasteiger partial charge in [0.2, 0.25) is 0 Å². The number of rotatable bonds is 3. The topological polar surface area (TPSA) is 77.0 Å². The fourth-order valence-electron chi connectivity index (χ4n) is 0.948. The average Bonchev–Trinajstić information content (AvgIpc) is 2.04. The molecule has 0 fully saturated rings. The lowest BCUT2D eigenvalue weighted by Crippen LogP contribution is -2.06. The molecule has 0 bridgehead atoms. The monoisotopic (exact) mass is 166 g/mol. The van der Waals surface area contributed by atoms with E-state index in [4.69, 9.17) is 11.5 Å². The summed E-state index contributed by atoms with van der Waals surface area (Å²) < 4.78 is 0. The van der Waals surface area contributed by atoms with Gasteiger partial charge in [-0.15, -0.1) is 0 Å².